The molecule has 1 aromatic carbocycles. The lowest BCUT2D eigenvalue weighted by molar-refractivity contribution is 0.0730. The molecule has 0 saturated carbocycles. The predicted octanol–water partition coefficient (Wildman–Crippen LogP) is 2.91. The Hall–Kier alpha value is -0.970. The Morgan fingerprint density at radius 1 is 1.30 bits per heavy atom. The molecule has 2 fully saturated rings. The first-order valence-corrected chi connectivity index (χ1v) is 12.7. The minimum Gasteiger partial charge on any atom is -0.379 e. The number of likely N-dealkylation sites (tertiary alicyclic amines) is 1. The van der Waals surface area contributed by atoms with Gasteiger partial charge in [0.2, 0.25) is 10.0 Å². The van der Waals surface area contributed by atoms with Crippen LogP contribution in [0.1, 0.15) is 33.1 Å². The van der Waals surface area contributed by atoms with Crippen molar-refractivity contribution in [1.29, 1.82) is 0 Å². The number of nitrogens with zero attached hydrogens (tertiary/aromatic N) is 2. The van der Waals surface area contributed by atoms with Gasteiger partial charge < -0.3 is 15.4 Å². The van der Waals surface area contributed by atoms with Gasteiger partial charge in [0, 0.05) is 31.7 Å². The molecule has 2 aliphatic heterocycles. The zero-order chi connectivity index (χ0) is 21.7. The Morgan fingerprint density at radius 2 is 2.03 bits per heavy atom. The third-order valence-electron chi connectivity index (χ3n) is 5.77. The molecule has 168 valence electrons. The predicted molar refractivity (Wildman–Crippen MR) is 125 cm³/mol. The van der Waals surface area contributed by atoms with Crippen molar-refractivity contribution in [3.63, 3.8) is 0 Å². The highest BCUT2D eigenvalue weighted by atomic mass is 35.5. The van der Waals surface area contributed by atoms with Crippen molar-refractivity contribution < 1.29 is 13.2 Å². The number of hydrogen-bond acceptors (Lipinski definition) is 5. The molecule has 1 aromatic rings. The Kier molecular flexibility index (Phi) is 8.34. The first kappa shape index (κ1) is 23.7. The van der Waals surface area contributed by atoms with Crippen LogP contribution in [0.25, 0.3) is 0 Å². The fourth-order valence-corrected chi connectivity index (χ4v) is 5.79. The number of halogens is 1. The molecule has 2 N–H and O–H groups in total. The van der Waals surface area contributed by atoms with Crippen LogP contribution in [-0.4, -0.2) is 74.2 Å². The minimum absolute atomic E-state index is 0.189. The fraction of sp³-hybridized carbons (Fsp3) is 0.650. The van der Waals surface area contributed by atoms with Crippen LogP contribution < -0.4 is 10.6 Å². The van der Waals surface area contributed by atoms with E-state index in [0.717, 1.165) is 6.54 Å². The number of morpholine rings is 1. The van der Waals surface area contributed by atoms with E-state index in [4.69, 9.17) is 28.6 Å². The van der Waals surface area contributed by atoms with Crippen LogP contribution in [-0.2, 0) is 14.8 Å². The van der Waals surface area contributed by atoms with Crippen LogP contribution in [0.2, 0.25) is 5.02 Å². The van der Waals surface area contributed by atoms with Gasteiger partial charge in [0.15, 0.2) is 5.11 Å². The van der Waals surface area contributed by atoms with E-state index in [1.165, 1.54) is 35.7 Å². The van der Waals surface area contributed by atoms with Gasteiger partial charge in [0.1, 0.15) is 0 Å². The lowest BCUT2D eigenvalue weighted by Crippen LogP contribution is -2.49. The van der Waals surface area contributed by atoms with Crippen LogP contribution in [0.15, 0.2) is 23.1 Å². The molecule has 7 nitrogen and oxygen atoms in total. The van der Waals surface area contributed by atoms with Crippen LogP contribution in [0.5, 0.6) is 0 Å². The Labute approximate surface area is 190 Å². The smallest absolute Gasteiger partial charge is 0.243 e. The molecular weight excluding hydrogens is 444 g/mol. The third-order valence-corrected chi connectivity index (χ3v) is 8.24. The molecule has 2 atom stereocenters. The lowest BCUT2D eigenvalue weighted by Gasteiger charge is -2.38. The normalized spacial score (nSPS) is 22.4. The molecule has 0 amide bonds. The molecule has 0 bridgehead atoms. The topological polar surface area (TPSA) is 73.9 Å². The van der Waals surface area contributed by atoms with E-state index >= 15 is 0 Å². The highest BCUT2D eigenvalue weighted by Gasteiger charge is 2.27. The summed E-state index contributed by atoms with van der Waals surface area (Å²) in [6, 6.07) is 5.57. The molecule has 0 aliphatic carbocycles. The molecule has 0 aromatic heterocycles. The number of anilines is 1. The summed E-state index contributed by atoms with van der Waals surface area (Å²) in [5.74, 6) is 0. The van der Waals surface area contributed by atoms with Gasteiger partial charge in [0.25, 0.3) is 0 Å². The number of benzene rings is 1. The van der Waals surface area contributed by atoms with E-state index in [-0.39, 0.29) is 4.90 Å². The van der Waals surface area contributed by atoms with Crippen molar-refractivity contribution >= 4 is 44.6 Å². The van der Waals surface area contributed by atoms with E-state index in [1.54, 1.807) is 6.07 Å². The van der Waals surface area contributed by atoms with Gasteiger partial charge in [-0.05, 0) is 63.7 Å². The van der Waals surface area contributed by atoms with Gasteiger partial charge >= 0.3 is 0 Å². The Bertz CT molecular complexity index is 846. The number of thiocarbonyl (C=S) groups is 1. The summed E-state index contributed by atoms with van der Waals surface area (Å²) < 4.78 is 32.5. The van der Waals surface area contributed by atoms with Crippen molar-refractivity contribution in [2.75, 3.05) is 44.7 Å². The maximum Gasteiger partial charge on any atom is 0.243 e. The SMILES string of the molecule is CC1CCCCN1C(C)CNC(=S)Nc1cc(S(=O)(=O)N2CCOCC2)ccc1Cl. The standard InChI is InChI=1S/C20H31ClN4O3S2/c1-15-5-3-4-8-25(15)16(2)14-22-20(29)23-19-13-17(6-7-18(19)21)30(26,27)24-9-11-28-12-10-24/h6-7,13,15-16H,3-5,8-12,14H2,1-2H3,(H2,22,23,29). The first-order chi connectivity index (χ1) is 14.3. The van der Waals surface area contributed by atoms with E-state index in [1.807, 2.05) is 0 Å². The zero-order valence-electron chi connectivity index (χ0n) is 17.6. The number of ether oxygens (including phenoxy) is 1. The van der Waals surface area contributed by atoms with Gasteiger partial charge in [-0.3, -0.25) is 4.90 Å². The van der Waals surface area contributed by atoms with Gasteiger partial charge in [-0.15, -0.1) is 0 Å². The molecule has 2 aliphatic rings. The highest BCUT2D eigenvalue weighted by molar-refractivity contribution is 7.89. The quantitative estimate of drug-likeness (QED) is 0.614. The first-order valence-electron chi connectivity index (χ1n) is 10.5. The largest absolute Gasteiger partial charge is 0.379 e. The zero-order valence-corrected chi connectivity index (χ0v) is 20.0. The number of nitrogens with one attached hydrogen (secondary N) is 2. The summed E-state index contributed by atoms with van der Waals surface area (Å²) in [6.45, 7) is 7.78. The van der Waals surface area contributed by atoms with Crippen molar-refractivity contribution in [3.8, 4) is 0 Å². The molecule has 0 radical (unpaired) electrons. The number of sulfonamides is 1. The number of rotatable bonds is 6. The highest BCUT2D eigenvalue weighted by Crippen LogP contribution is 2.27. The second-order valence-corrected chi connectivity index (χ2v) is 10.7. The van der Waals surface area contributed by atoms with Crippen LogP contribution in [0.3, 0.4) is 0 Å². The maximum atomic E-state index is 12.9. The van der Waals surface area contributed by atoms with Gasteiger partial charge in [-0.25, -0.2) is 8.42 Å². The lowest BCUT2D eigenvalue weighted by atomic mass is 10.0. The minimum atomic E-state index is -3.60. The van der Waals surface area contributed by atoms with E-state index in [0.29, 0.717) is 60.8 Å². The van der Waals surface area contributed by atoms with E-state index < -0.39 is 10.0 Å². The van der Waals surface area contributed by atoms with Gasteiger partial charge in [0.05, 0.1) is 28.8 Å². The summed E-state index contributed by atoms with van der Waals surface area (Å²) in [6.07, 6.45) is 3.75. The van der Waals surface area contributed by atoms with E-state index in [9.17, 15) is 8.42 Å². The van der Waals surface area contributed by atoms with Crippen LogP contribution >= 0.6 is 23.8 Å². The van der Waals surface area contributed by atoms with Crippen molar-refractivity contribution in [2.24, 2.45) is 0 Å². The van der Waals surface area contributed by atoms with Crippen molar-refractivity contribution in [3.05, 3.63) is 23.2 Å². The van der Waals surface area contributed by atoms with Crippen LogP contribution in [0, 0.1) is 0 Å². The van der Waals surface area contributed by atoms with Gasteiger partial charge in [-0.2, -0.15) is 4.31 Å². The number of piperidine rings is 1. The molecule has 3 rings (SSSR count). The van der Waals surface area contributed by atoms with Crippen LogP contribution in [0.4, 0.5) is 5.69 Å². The Balaban J connectivity index is 1.61. The summed E-state index contributed by atoms with van der Waals surface area (Å²) in [4.78, 5) is 2.69. The summed E-state index contributed by atoms with van der Waals surface area (Å²) in [7, 11) is -3.60. The second kappa shape index (κ2) is 10.6. The molecule has 2 unspecified atom stereocenters. The third kappa shape index (κ3) is 5.83. The maximum absolute atomic E-state index is 12.9. The fourth-order valence-electron chi connectivity index (χ4n) is 4.00. The monoisotopic (exact) mass is 474 g/mol. The molecule has 0 spiro atoms. The summed E-state index contributed by atoms with van der Waals surface area (Å²) in [5.41, 5.74) is 0.475. The number of hydrogen-bond donors (Lipinski definition) is 2. The molecular formula is C20H31ClN4O3S2. The second-order valence-electron chi connectivity index (χ2n) is 7.92. The molecule has 10 heteroatoms. The molecule has 2 heterocycles. The average Bonchev–Trinajstić information content (AvgIpc) is 2.74. The van der Waals surface area contributed by atoms with Crippen molar-refractivity contribution in [1.82, 2.24) is 14.5 Å². The average molecular weight is 475 g/mol. The van der Waals surface area contributed by atoms with E-state index in [2.05, 4.69) is 29.4 Å². The Morgan fingerprint density at radius 3 is 2.73 bits per heavy atom. The molecule has 2 saturated heterocycles. The molecule has 30 heavy (non-hydrogen) atoms. The van der Waals surface area contributed by atoms with Gasteiger partial charge in [-0.1, -0.05) is 18.0 Å². The summed E-state index contributed by atoms with van der Waals surface area (Å²) in [5, 5.41) is 7.14. The van der Waals surface area contributed by atoms with Crippen molar-refractivity contribution in [2.45, 2.75) is 50.1 Å². The summed E-state index contributed by atoms with van der Waals surface area (Å²) >= 11 is 11.7.